The Morgan fingerprint density at radius 3 is 2.63 bits per heavy atom. The van der Waals surface area contributed by atoms with Gasteiger partial charge < -0.3 is 14.3 Å². The van der Waals surface area contributed by atoms with Crippen LogP contribution >= 0.6 is 0 Å². The summed E-state index contributed by atoms with van der Waals surface area (Å²) in [6.45, 7) is 5.40. The molecule has 1 aliphatic heterocycles. The molecule has 1 unspecified atom stereocenters. The first-order valence-electron chi connectivity index (χ1n) is 9.30. The zero-order valence-electron chi connectivity index (χ0n) is 15.6. The molecule has 4 rings (SSSR count). The van der Waals surface area contributed by atoms with Crippen molar-refractivity contribution in [3.8, 4) is 11.1 Å². The van der Waals surface area contributed by atoms with Crippen molar-refractivity contribution < 1.29 is 9.32 Å². The average molecular weight is 361 g/mol. The van der Waals surface area contributed by atoms with E-state index in [1.54, 1.807) is 19.4 Å². The van der Waals surface area contributed by atoms with Gasteiger partial charge in [0.25, 0.3) is 0 Å². The summed E-state index contributed by atoms with van der Waals surface area (Å²) in [6.07, 6.45) is 4.27. The highest BCUT2D eigenvalue weighted by Gasteiger charge is 2.32. The van der Waals surface area contributed by atoms with Gasteiger partial charge in [0.1, 0.15) is 6.26 Å². The van der Waals surface area contributed by atoms with Gasteiger partial charge in [-0.05, 0) is 29.7 Å². The van der Waals surface area contributed by atoms with Crippen molar-refractivity contribution in [1.29, 1.82) is 0 Å². The molecular weight excluding hydrogens is 338 g/mol. The fourth-order valence-corrected chi connectivity index (χ4v) is 3.83. The van der Waals surface area contributed by atoms with E-state index in [2.05, 4.69) is 47.3 Å². The van der Waals surface area contributed by atoms with Gasteiger partial charge in [-0.15, -0.1) is 0 Å². The van der Waals surface area contributed by atoms with E-state index in [0.29, 0.717) is 0 Å². The van der Waals surface area contributed by atoms with Crippen molar-refractivity contribution in [3.05, 3.63) is 66.6 Å². The molecule has 1 amide bonds. The number of benzene rings is 2. The first-order chi connectivity index (χ1) is 13.2. The Bertz CT molecular complexity index is 922. The van der Waals surface area contributed by atoms with Gasteiger partial charge in [0.05, 0.1) is 23.6 Å². The smallest absolute Gasteiger partial charge is 0.224 e. The minimum absolute atomic E-state index is 0.0835. The van der Waals surface area contributed by atoms with Crippen LogP contribution in [0.25, 0.3) is 11.1 Å². The summed E-state index contributed by atoms with van der Waals surface area (Å²) in [6, 6.07) is 16.8. The number of hydrogen-bond donors (Lipinski definition) is 0. The number of rotatable bonds is 4. The number of nitrogens with zero attached hydrogens (tertiary/aromatic N) is 3. The van der Waals surface area contributed by atoms with Gasteiger partial charge in [-0.25, -0.2) is 0 Å². The lowest BCUT2D eigenvalue weighted by atomic mass is 10.00. The first-order valence-corrected chi connectivity index (χ1v) is 9.30. The molecule has 5 nitrogen and oxygen atoms in total. The zero-order chi connectivity index (χ0) is 18.8. The summed E-state index contributed by atoms with van der Waals surface area (Å²) in [5.41, 5.74) is 5.26. The van der Waals surface area contributed by atoms with Crippen LogP contribution in [0.3, 0.4) is 0 Å². The highest BCUT2D eigenvalue weighted by Crippen LogP contribution is 2.40. The quantitative estimate of drug-likeness (QED) is 0.687. The number of fused-ring (bicyclic) bond motifs is 1. The molecule has 0 bridgehead atoms. The van der Waals surface area contributed by atoms with Crippen molar-refractivity contribution in [1.82, 2.24) is 5.16 Å². The van der Waals surface area contributed by atoms with E-state index in [4.69, 9.17) is 4.52 Å². The molecule has 3 aromatic rings. The van der Waals surface area contributed by atoms with E-state index < -0.39 is 0 Å². The fraction of sp³-hybridized carbons (Fsp3) is 0.273. The van der Waals surface area contributed by atoms with Gasteiger partial charge in [0.2, 0.25) is 5.91 Å². The van der Waals surface area contributed by atoms with Crippen LogP contribution in [-0.4, -0.2) is 23.7 Å². The third-order valence-corrected chi connectivity index (χ3v) is 5.16. The molecule has 2 heterocycles. The molecule has 138 valence electrons. The molecule has 0 radical (unpaired) electrons. The lowest BCUT2D eigenvalue weighted by molar-refractivity contribution is -0.117. The Kier molecular flexibility index (Phi) is 4.67. The van der Waals surface area contributed by atoms with Gasteiger partial charge in [-0.2, -0.15) is 0 Å². The van der Waals surface area contributed by atoms with Crippen LogP contribution in [0.4, 0.5) is 11.4 Å². The minimum Gasteiger partial charge on any atom is -0.364 e. The molecule has 1 aliphatic rings. The Labute approximate surface area is 159 Å². The second kappa shape index (κ2) is 7.27. The third-order valence-electron chi connectivity index (χ3n) is 5.16. The SMILES string of the molecule is CCC1CN(Cc2ccccc2)c2cc(-c3cnoc3)ccc2N1C(C)=O. The number of carbonyl (C=O) groups is 1. The van der Waals surface area contributed by atoms with Crippen LogP contribution < -0.4 is 9.80 Å². The van der Waals surface area contributed by atoms with Crippen molar-refractivity contribution in [2.75, 3.05) is 16.3 Å². The molecule has 1 aromatic heterocycles. The monoisotopic (exact) mass is 361 g/mol. The minimum atomic E-state index is 0.0835. The Hall–Kier alpha value is -3.08. The Morgan fingerprint density at radius 2 is 1.96 bits per heavy atom. The van der Waals surface area contributed by atoms with E-state index in [-0.39, 0.29) is 11.9 Å². The van der Waals surface area contributed by atoms with Crippen LogP contribution in [0.15, 0.2) is 65.5 Å². The van der Waals surface area contributed by atoms with Crippen molar-refractivity contribution in [2.24, 2.45) is 0 Å². The number of carbonyl (C=O) groups excluding carboxylic acids is 1. The van der Waals surface area contributed by atoms with Gasteiger partial charge in [-0.1, -0.05) is 48.5 Å². The van der Waals surface area contributed by atoms with Crippen molar-refractivity contribution in [3.63, 3.8) is 0 Å². The summed E-state index contributed by atoms with van der Waals surface area (Å²) >= 11 is 0. The molecule has 27 heavy (non-hydrogen) atoms. The van der Waals surface area contributed by atoms with E-state index in [1.165, 1.54) is 5.56 Å². The lowest BCUT2D eigenvalue weighted by Crippen LogP contribution is -2.50. The molecule has 0 fully saturated rings. The van der Waals surface area contributed by atoms with Gasteiger partial charge in [0, 0.05) is 25.6 Å². The van der Waals surface area contributed by atoms with Crippen LogP contribution in [0.1, 0.15) is 25.8 Å². The van der Waals surface area contributed by atoms with Crippen LogP contribution in [0.2, 0.25) is 0 Å². The number of anilines is 2. The molecule has 0 saturated heterocycles. The summed E-state index contributed by atoms with van der Waals surface area (Å²) in [5, 5.41) is 3.81. The highest BCUT2D eigenvalue weighted by atomic mass is 16.5. The standard InChI is InChI=1S/C22H23N3O2/c1-3-20-14-24(13-17-7-5-4-6-8-17)22-11-18(19-12-23-27-15-19)9-10-21(22)25(20)16(2)26/h4-12,15,20H,3,13-14H2,1-2H3. The zero-order valence-corrected chi connectivity index (χ0v) is 15.6. The predicted molar refractivity (Wildman–Crippen MR) is 107 cm³/mol. The fourth-order valence-electron chi connectivity index (χ4n) is 3.83. The topological polar surface area (TPSA) is 49.6 Å². The summed E-state index contributed by atoms with van der Waals surface area (Å²) in [7, 11) is 0. The molecular formula is C22H23N3O2. The van der Waals surface area contributed by atoms with E-state index in [9.17, 15) is 4.79 Å². The molecule has 5 heteroatoms. The highest BCUT2D eigenvalue weighted by molar-refractivity contribution is 5.98. The largest absolute Gasteiger partial charge is 0.364 e. The van der Waals surface area contributed by atoms with Gasteiger partial charge in [-0.3, -0.25) is 4.79 Å². The summed E-state index contributed by atoms with van der Waals surface area (Å²) in [5.74, 6) is 0.0835. The number of amides is 1. The maximum atomic E-state index is 12.4. The second-order valence-electron chi connectivity index (χ2n) is 6.93. The Morgan fingerprint density at radius 1 is 1.15 bits per heavy atom. The van der Waals surface area contributed by atoms with E-state index in [0.717, 1.165) is 42.0 Å². The van der Waals surface area contributed by atoms with E-state index >= 15 is 0 Å². The van der Waals surface area contributed by atoms with E-state index in [1.807, 2.05) is 23.1 Å². The third kappa shape index (κ3) is 3.33. The Balaban J connectivity index is 1.79. The van der Waals surface area contributed by atoms with Crippen molar-refractivity contribution in [2.45, 2.75) is 32.9 Å². The van der Waals surface area contributed by atoms with Crippen LogP contribution in [0, 0.1) is 0 Å². The molecule has 2 aromatic carbocycles. The summed E-state index contributed by atoms with van der Waals surface area (Å²) < 4.78 is 5.00. The first kappa shape index (κ1) is 17.3. The van der Waals surface area contributed by atoms with Crippen LogP contribution in [0.5, 0.6) is 0 Å². The molecule has 0 spiro atoms. The number of hydrogen-bond acceptors (Lipinski definition) is 4. The maximum absolute atomic E-state index is 12.4. The molecule has 0 saturated carbocycles. The lowest BCUT2D eigenvalue weighted by Gasteiger charge is -2.43. The molecule has 0 aliphatic carbocycles. The molecule has 1 atom stereocenters. The number of aromatic nitrogens is 1. The average Bonchev–Trinajstić information content (AvgIpc) is 3.22. The normalized spacial score (nSPS) is 16.3. The van der Waals surface area contributed by atoms with Gasteiger partial charge in [0.15, 0.2) is 0 Å². The van der Waals surface area contributed by atoms with Crippen LogP contribution in [-0.2, 0) is 11.3 Å². The van der Waals surface area contributed by atoms with Crippen molar-refractivity contribution >= 4 is 17.3 Å². The molecule has 0 N–H and O–H groups in total. The maximum Gasteiger partial charge on any atom is 0.224 e. The predicted octanol–water partition coefficient (Wildman–Crippen LogP) is 4.49. The summed E-state index contributed by atoms with van der Waals surface area (Å²) in [4.78, 5) is 16.7. The van der Waals surface area contributed by atoms with Gasteiger partial charge >= 0.3 is 0 Å². The second-order valence-corrected chi connectivity index (χ2v) is 6.93.